The highest BCUT2D eigenvalue weighted by molar-refractivity contribution is 6.10. The molecule has 3 aromatic rings. The predicted molar refractivity (Wildman–Crippen MR) is 142 cm³/mol. The van der Waals surface area contributed by atoms with Crippen molar-refractivity contribution in [2.75, 3.05) is 52.4 Å². The van der Waals surface area contributed by atoms with Crippen molar-refractivity contribution in [1.29, 1.82) is 0 Å². The molecule has 0 aliphatic carbocycles. The van der Waals surface area contributed by atoms with E-state index in [0.717, 1.165) is 32.7 Å². The van der Waals surface area contributed by atoms with E-state index in [2.05, 4.69) is 57.8 Å². The van der Waals surface area contributed by atoms with E-state index in [1.54, 1.807) is 0 Å². The van der Waals surface area contributed by atoms with E-state index < -0.39 is 0 Å². The lowest BCUT2D eigenvalue weighted by Crippen LogP contribution is -2.34. The largest absolute Gasteiger partial charge is 0.507 e. The van der Waals surface area contributed by atoms with Crippen molar-refractivity contribution in [3.05, 3.63) is 29.3 Å². The number of hydrogen-bond donors (Lipinski definition) is 4. The van der Waals surface area contributed by atoms with Crippen LogP contribution in [0.2, 0.25) is 0 Å². The van der Waals surface area contributed by atoms with E-state index in [1.165, 1.54) is 24.4 Å². The second-order valence-corrected chi connectivity index (χ2v) is 8.42. The Morgan fingerprint density at radius 3 is 2.14 bits per heavy atom. The molecular formula is C26H36N6O4. The topological polar surface area (TPSA) is 134 Å². The highest BCUT2D eigenvalue weighted by Gasteiger charge is 2.20. The molecule has 0 radical (unpaired) electrons. The zero-order valence-electron chi connectivity index (χ0n) is 21.5. The number of aliphatic imine (C=N–C) groups is 1. The zero-order valence-corrected chi connectivity index (χ0v) is 21.5. The number of amides is 1. The summed E-state index contributed by atoms with van der Waals surface area (Å²) in [4.78, 5) is 30.8. The van der Waals surface area contributed by atoms with Gasteiger partial charge in [0.1, 0.15) is 39.3 Å². The summed E-state index contributed by atoms with van der Waals surface area (Å²) in [5, 5.41) is 34.4. The van der Waals surface area contributed by atoms with Gasteiger partial charge in [-0.25, -0.2) is 9.97 Å². The molecule has 36 heavy (non-hydrogen) atoms. The number of nitrogens with one attached hydrogen (secondary N) is 1. The van der Waals surface area contributed by atoms with Crippen molar-refractivity contribution in [2.24, 2.45) is 4.99 Å². The number of rotatable bonds is 12. The quantitative estimate of drug-likeness (QED) is 0.222. The van der Waals surface area contributed by atoms with Crippen LogP contribution in [0.15, 0.2) is 23.2 Å². The number of aromatic nitrogens is 2. The first-order chi connectivity index (χ1) is 17.3. The molecule has 0 spiro atoms. The van der Waals surface area contributed by atoms with Crippen LogP contribution in [0.3, 0.4) is 0 Å². The summed E-state index contributed by atoms with van der Waals surface area (Å²) >= 11 is 0. The van der Waals surface area contributed by atoms with E-state index in [4.69, 9.17) is 0 Å². The molecule has 2 aromatic carbocycles. The molecule has 10 nitrogen and oxygen atoms in total. The molecule has 0 fully saturated rings. The summed E-state index contributed by atoms with van der Waals surface area (Å²) in [5.74, 6) is -0.998. The Labute approximate surface area is 211 Å². The monoisotopic (exact) mass is 496 g/mol. The molecular weight excluding hydrogens is 460 g/mol. The average molecular weight is 497 g/mol. The van der Waals surface area contributed by atoms with Crippen LogP contribution in [0.4, 0.5) is 0 Å². The average Bonchev–Trinajstić information content (AvgIpc) is 2.88. The third kappa shape index (κ3) is 6.00. The van der Waals surface area contributed by atoms with Crippen molar-refractivity contribution in [1.82, 2.24) is 25.1 Å². The smallest absolute Gasteiger partial charge is 0.253 e. The Kier molecular flexibility index (Phi) is 9.38. The maximum absolute atomic E-state index is 12.9. The van der Waals surface area contributed by atoms with Gasteiger partial charge in [-0.3, -0.25) is 9.79 Å². The molecule has 0 saturated heterocycles. The van der Waals surface area contributed by atoms with Crippen LogP contribution >= 0.6 is 0 Å². The van der Waals surface area contributed by atoms with Crippen molar-refractivity contribution in [3.63, 3.8) is 0 Å². The minimum atomic E-state index is -0.350. The van der Waals surface area contributed by atoms with Gasteiger partial charge in [-0.2, -0.15) is 0 Å². The van der Waals surface area contributed by atoms with Gasteiger partial charge < -0.3 is 30.4 Å². The van der Waals surface area contributed by atoms with Crippen molar-refractivity contribution < 1.29 is 20.1 Å². The fourth-order valence-electron chi connectivity index (χ4n) is 4.05. The first kappa shape index (κ1) is 27.1. The van der Waals surface area contributed by atoms with Gasteiger partial charge in [-0.15, -0.1) is 0 Å². The van der Waals surface area contributed by atoms with Gasteiger partial charge in [-0.1, -0.05) is 27.7 Å². The minimum Gasteiger partial charge on any atom is -0.507 e. The molecule has 3 rings (SSSR count). The first-order valence-electron chi connectivity index (χ1n) is 12.4. The number of carbonyl (C=O) groups is 1. The number of likely N-dealkylation sites (N-methyl/N-ethyl adjacent to an activating group) is 2. The van der Waals surface area contributed by atoms with Gasteiger partial charge in [0.2, 0.25) is 0 Å². The van der Waals surface area contributed by atoms with Crippen LogP contribution < -0.4 is 5.32 Å². The Bertz CT molecular complexity index is 1240. The lowest BCUT2D eigenvalue weighted by atomic mass is 10.1. The SMILES string of the molecule is CCN(CC)CC/N=C/c1c(O)cc(O)c2nc3c(C(=O)NCCN(CC)CC)ccc(O)c3nc12. The number of nitrogens with zero attached hydrogens (tertiary/aromatic N) is 5. The number of benzene rings is 2. The summed E-state index contributed by atoms with van der Waals surface area (Å²) in [7, 11) is 0. The van der Waals surface area contributed by atoms with E-state index >= 15 is 0 Å². The molecule has 0 unspecified atom stereocenters. The second kappa shape index (κ2) is 12.5. The number of hydrogen-bond acceptors (Lipinski definition) is 9. The van der Waals surface area contributed by atoms with Crippen LogP contribution in [0.5, 0.6) is 17.2 Å². The van der Waals surface area contributed by atoms with Crippen molar-refractivity contribution in [2.45, 2.75) is 27.7 Å². The molecule has 194 valence electrons. The van der Waals surface area contributed by atoms with Gasteiger partial charge in [0, 0.05) is 31.9 Å². The molecule has 4 N–H and O–H groups in total. The molecule has 1 heterocycles. The van der Waals surface area contributed by atoms with Gasteiger partial charge in [-0.05, 0) is 38.3 Å². The normalized spacial score (nSPS) is 11.9. The molecule has 1 amide bonds. The van der Waals surface area contributed by atoms with Crippen LogP contribution in [-0.4, -0.2) is 99.6 Å². The number of carbonyl (C=O) groups excluding carboxylic acids is 1. The third-order valence-corrected chi connectivity index (χ3v) is 6.36. The van der Waals surface area contributed by atoms with E-state index in [9.17, 15) is 20.1 Å². The number of phenols is 3. The first-order valence-corrected chi connectivity index (χ1v) is 12.4. The zero-order chi connectivity index (χ0) is 26.2. The highest BCUT2D eigenvalue weighted by atomic mass is 16.3. The maximum Gasteiger partial charge on any atom is 0.253 e. The number of aromatic hydroxyl groups is 3. The predicted octanol–water partition coefficient (Wildman–Crippen LogP) is 2.73. The van der Waals surface area contributed by atoms with Crippen LogP contribution in [-0.2, 0) is 0 Å². The van der Waals surface area contributed by atoms with Gasteiger partial charge >= 0.3 is 0 Å². The second-order valence-electron chi connectivity index (χ2n) is 8.42. The highest BCUT2D eigenvalue weighted by Crippen LogP contribution is 2.35. The molecule has 0 aliphatic heterocycles. The summed E-state index contributed by atoms with van der Waals surface area (Å²) in [6.07, 6.45) is 1.50. The summed E-state index contributed by atoms with van der Waals surface area (Å²) in [6, 6.07) is 4.06. The number of fused-ring (bicyclic) bond motifs is 2. The van der Waals surface area contributed by atoms with E-state index in [1.807, 2.05) is 0 Å². The van der Waals surface area contributed by atoms with E-state index in [0.29, 0.717) is 19.6 Å². The fourth-order valence-corrected chi connectivity index (χ4v) is 4.05. The Morgan fingerprint density at radius 2 is 1.47 bits per heavy atom. The van der Waals surface area contributed by atoms with E-state index in [-0.39, 0.29) is 56.3 Å². The molecule has 10 heteroatoms. The maximum atomic E-state index is 12.9. The third-order valence-electron chi connectivity index (χ3n) is 6.36. The molecule has 0 aliphatic rings. The van der Waals surface area contributed by atoms with Gasteiger partial charge in [0.05, 0.1) is 17.7 Å². The Hall–Kier alpha value is -3.50. The van der Waals surface area contributed by atoms with Gasteiger partial charge in [0.25, 0.3) is 5.91 Å². The Balaban J connectivity index is 1.99. The van der Waals surface area contributed by atoms with Crippen LogP contribution in [0.25, 0.3) is 22.1 Å². The molecule has 0 bridgehead atoms. The Morgan fingerprint density at radius 1 is 0.861 bits per heavy atom. The molecule has 0 saturated carbocycles. The molecule has 0 atom stereocenters. The summed E-state index contributed by atoms with van der Waals surface area (Å²) < 4.78 is 0. The summed E-state index contributed by atoms with van der Waals surface area (Å²) in [6.45, 7) is 14.4. The molecule has 1 aromatic heterocycles. The minimum absolute atomic E-state index is 0.0988. The number of phenolic OH excluding ortho intramolecular Hbond substituents is 3. The van der Waals surface area contributed by atoms with Crippen molar-refractivity contribution >= 4 is 34.2 Å². The standard InChI is InChI=1S/C26H36N6O4/c1-5-31(6-2)13-11-27-16-18-20(34)15-21(35)25-23(18)30-24-19(33)10-9-17(22(24)29-25)26(36)28-12-14-32(7-3)8-4/h9-10,15-16,33-35H,5-8,11-14H2,1-4H3,(H,28,36)/b27-16+. The lowest BCUT2D eigenvalue weighted by molar-refractivity contribution is 0.0950. The van der Waals surface area contributed by atoms with Crippen LogP contribution in [0, 0.1) is 0 Å². The van der Waals surface area contributed by atoms with Crippen molar-refractivity contribution in [3.8, 4) is 17.2 Å². The van der Waals surface area contributed by atoms with Gasteiger partial charge in [0.15, 0.2) is 0 Å². The van der Waals surface area contributed by atoms with Crippen LogP contribution in [0.1, 0.15) is 43.6 Å². The summed E-state index contributed by atoms with van der Waals surface area (Å²) in [5.41, 5.74) is 1.06. The fraction of sp³-hybridized carbons (Fsp3) is 0.462. The lowest BCUT2D eigenvalue weighted by Gasteiger charge is -2.18.